The van der Waals surface area contributed by atoms with Crippen LogP contribution in [0.15, 0.2) is 18.2 Å². The van der Waals surface area contributed by atoms with Gasteiger partial charge in [-0.1, -0.05) is 29.3 Å². The molecule has 0 saturated carbocycles. The maximum Gasteiger partial charge on any atom is 0.408 e. The van der Waals surface area contributed by atoms with Crippen LogP contribution in [0.3, 0.4) is 0 Å². The molecule has 2 N–H and O–H groups in total. The molecule has 1 heterocycles. The summed E-state index contributed by atoms with van der Waals surface area (Å²) in [5, 5.41) is 12.6. The van der Waals surface area contributed by atoms with Crippen molar-refractivity contribution in [3.05, 3.63) is 33.8 Å². The highest BCUT2D eigenvalue weighted by Crippen LogP contribution is 2.24. The van der Waals surface area contributed by atoms with E-state index in [2.05, 4.69) is 5.32 Å². The van der Waals surface area contributed by atoms with Crippen LogP contribution >= 0.6 is 23.2 Å². The maximum atomic E-state index is 13.1. The summed E-state index contributed by atoms with van der Waals surface area (Å²) in [7, 11) is 0. The predicted octanol–water partition coefficient (Wildman–Crippen LogP) is 3.50. The second-order valence-electron chi connectivity index (χ2n) is 7.68. The second kappa shape index (κ2) is 9.01. The minimum absolute atomic E-state index is 0.123. The molecule has 1 aliphatic rings. The van der Waals surface area contributed by atoms with Gasteiger partial charge in [0.2, 0.25) is 5.91 Å². The van der Waals surface area contributed by atoms with Gasteiger partial charge in [-0.2, -0.15) is 0 Å². The van der Waals surface area contributed by atoms with Gasteiger partial charge < -0.3 is 20.1 Å². The third-order valence-corrected chi connectivity index (χ3v) is 4.97. The Bertz CT molecular complexity index is 763. The predicted molar refractivity (Wildman–Crippen MR) is 106 cm³/mol. The third-order valence-electron chi connectivity index (χ3n) is 4.23. The molecule has 2 rings (SSSR count). The molecule has 7 nitrogen and oxygen atoms in total. The molecule has 1 aromatic rings. The number of benzene rings is 1. The Hall–Kier alpha value is -1.99. The Balaban J connectivity index is 2.24. The Kier molecular flexibility index (Phi) is 7.17. The average Bonchev–Trinajstić information content (AvgIpc) is 3.05. The minimum Gasteiger partial charge on any atom is -0.480 e. The SMILES string of the molecule is CC(C)(C)OC(=O)N[C@@H](Cc1ccc(Cl)c(Cl)c1)C(=O)N1CCC[C@H]1C(=O)O. The van der Waals surface area contributed by atoms with Gasteiger partial charge in [-0.3, -0.25) is 4.79 Å². The molecule has 9 heteroatoms. The summed E-state index contributed by atoms with van der Waals surface area (Å²) >= 11 is 12.0. The van der Waals surface area contributed by atoms with Crippen LogP contribution < -0.4 is 5.32 Å². The van der Waals surface area contributed by atoms with E-state index in [9.17, 15) is 19.5 Å². The summed E-state index contributed by atoms with van der Waals surface area (Å²) in [6, 6.07) is 3.02. The number of carboxylic acids is 1. The molecule has 0 radical (unpaired) electrons. The summed E-state index contributed by atoms with van der Waals surface area (Å²) in [6.07, 6.45) is 0.344. The first-order valence-electron chi connectivity index (χ1n) is 8.94. The monoisotopic (exact) mass is 430 g/mol. The molecule has 1 fully saturated rings. The van der Waals surface area contributed by atoms with E-state index in [4.69, 9.17) is 27.9 Å². The van der Waals surface area contributed by atoms with E-state index in [1.807, 2.05) is 0 Å². The molecule has 28 heavy (non-hydrogen) atoms. The lowest BCUT2D eigenvalue weighted by molar-refractivity contribution is -0.149. The lowest BCUT2D eigenvalue weighted by atomic mass is 10.0. The van der Waals surface area contributed by atoms with Crippen LogP contribution in [0.2, 0.25) is 10.0 Å². The quantitative estimate of drug-likeness (QED) is 0.744. The van der Waals surface area contributed by atoms with Gasteiger partial charge in [-0.15, -0.1) is 0 Å². The smallest absolute Gasteiger partial charge is 0.408 e. The van der Waals surface area contributed by atoms with Gasteiger partial charge in [0.05, 0.1) is 10.0 Å². The summed E-state index contributed by atoms with van der Waals surface area (Å²) in [4.78, 5) is 38.0. The number of likely N-dealkylation sites (tertiary alicyclic amines) is 1. The molecule has 2 amide bonds. The zero-order valence-electron chi connectivity index (χ0n) is 16.0. The number of carbonyl (C=O) groups is 3. The molecule has 1 aromatic carbocycles. The molecule has 1 saturated heterocycles. The van der Waals surface area contributed by atoms with Crippen molar-refractivity contribution < 1.29 is 24.2 Å². The van der Waals surface area contributed by atoms with Crippen molar-refractivity contribution in [3.8, 4) is 0 Å². The number of nitrogens with zero attached hydrogens (tertiary/aromatic N) is 1. The molecule has 0 aromatic heterocycles. The van der Waals surface area contributed by atoms with E-state index in [1.54, 1.807) is 39.0 Å². The number of hydrogen-bond acceptors (Lipinski definition) is 4. The fourth-order valence-electron chi connectivity index (χ4n) is 3.04. The molecule has 0 aliphatic carbocycles. The molecule has 1 aliphatic heterocycles. The van der Waals surface area contributed by atoms with Crippen LogP contribution in [0, 0.1) is 0 Å². The van der Waals surface area contributed by atoms with E-state index in [0.29, 0.717) is 35.0 Å². The summed E-state index contributed by atoms with van der Waals surface area (Å²) < 4.78 is 5.25. The van der Waals surface area contributed by atoms with E-state index >= 15 is 0 Å². The van der Waals surface area contributed by atoms with Crippen molar-refractivity contribution in [2.75, 3.05) is 6.54 Å². The molecular weight excluding hydrogens is 407 g/mol. The van der Waals surface area contributed by atoms with Crippen molar-refractivity contribution in [1.29, 1.82) is 0 Å². The topological polar surface area (TPSA) is 95.9 Å². The zero-order valence-corrected chi connectivity index (χ0v) is 17.5. The summed E-state index contributed by atoms with van der Waals surface area (Å²) in [5.41, 5.74) is -0.0618. The zero-order chi connectivity index (χ0) is 21.1. The Labute approximate surface area is 173 Å². The fraction of sp³-hybridized carbons (Fsp3) is 0.526. The van der Waals surface area contributed by atoms with Gasteiger partial charge in [0, 0.05) is 13.0 Å². The van der Waals surface area contributed by atoms with E-state index < -0.39 is 35.7 Å². The van der Waals surface area contributed by atoms with Crippen LogP contribution in [0.25, 0.3) is 0 Å². The Morgan fingerprint density at radius 1 is 1.29 bits per heavy atom. The van der Waals surface area contributed by atoms with Gasteiger partial charge in [0.1, 0.15) is 17.7 Å². The highest BCUT2D eigenvalue weighted by atomic mass is 35.5. The fourth-order valence-corrected chi connectivity index (χ4v) is 3.36. The molecule has 0 unspecified atom stereocenters. The average molecular weight is 431 g/mol. The second-order valence-corrected chi connectivity index (χ2v) is 8.49. The summed E-state index contributed by atoms with van der Waals surface area (Å²) in [5.74, 6) is -1.53. The molecule has 0 bridgehead atoms. The number of ether oxygens (including phenoxy) is 1. The number of hydrogen-bond donors (Lipinski definition) is 2. The lowest BCUT2D eigenvalue weighted by Crippen LogP contribution is -2.53. The number of amides is 2. The maximum absolute atomic E-state index is 13.1. The summed E-state index contributed by atoms with van der Waals surface area (Å²) in [6.45, 7) is 5.46. The first kappa shape index (κ1) is 22.3. The van der Waals surface area contributed by atoms with Gasteiger partial charge in [-0.25, -0.2) is 9.59 Å². The van der Waals surface area contributed by atoms with Crippen LogP contribution in [0.4, 0.5) is 4.79 Å². The number of carbonyl (C=O) groups excluding carboxylic acids is 2. The number of carboxylic acid groups (broad SMARTS) is 1. The Morgan fingerprint density at radius 2 is 1.96 bits per heavy atom. The molecule has 2 atom stereocenters. The van der Waals surface area contributed by atoms with Crippen molar-refractivity contribution in [3.63, 3.8) is 0 Å². The van der Waals surface area contributed by atoms with Crippen molar-refractivity contribution in [1.82, 2.24) is 10.2 Å². The standard InChI is InChI=1S/C19H24Cl2N2O5/c1-19(2,3)28-18(27)22-14(10-11-6-7-12(20)13(21)9-11)16(24)23-8-4-5-15(23)17(25)26/h6-7,9,14-15H,4-5,8,10H2,1-3H3,(H,22,27)(H,25,26)/t14-,15-/m0/s1. The van der Waals surface area contributed by atoms with Crippen LogP contribution in [0.5, 0.6) is 0 Å². The third kappa shape index (κ3) is 6.01. The van der Waals surface area contributed by atoms with Crippen LogP contribution in [0.1, 0.15) is 39.2 Å². The number of alkyl carbamates (subject to hydrolysis) is 1. The first-order chi connectivity index (χ1) is 13.0. The number of nitrogens with one attached hydrogen (secondary N) is 1. The van der Waals surface area contributed by atoms with Crippen molar-refractivity contribution in [2.24, 2.45) is 0 Å². The van der Waals surface area contributed by atoms with Crippen LogP contribution in [-0.2, 0) is 20.7 Å². The van der Waals surface area contributed by atoms with Gasteiger partial charge >= 0.3 is 12.1 Å². The first-order valence-corrected chi connectivity index (χ1v) is 9.70. The van der Waals surface area contributed by atoms with Gasteiger partial charge in [0.25, 0.3) is 0 Å². The number of rotatable bonds is 5. The number of aliphatic carboxylic acids is 1. The van der Waals surface area contributed by atoms with E-state index in [-0.39, 0.29) is 6.42 Å². The van der Waals surface area contributed by atoms with Crippen molar-refractivity contribution >= 4 is 41.2 Å². The van der Waals surface area contributed by atoms with Crippen molar-refractivity contribution in [2.45, 2.75) is 57.7 Å². The van der Waals surface area contributed by atoms with E-state index in [0.717, 1.165) is 0 Å². The van der Waals surface area contributed by atoms with Crippen LogP contribution in [-0.4, -0.2) is 52.2 Å². The molecule has 154 valence electrons. The number of halogens is 2. The van der Waals surface area contributed by atoms with Gasteiger partial charge in [0.15, 0.2) is 0 Å². The highest BCUT2D eigenvalue weighted by molar-refractivity contribution is 6.42. The molecule has 0 spiro atoms. The lowest BCUT2D eigenvalue weighted by Gasteiger charge is -2.28. The minimum atomic E-state index is -1.06. The van der Waals surface area contributed by atoms with Gasteiger partial charge in [-0.05, 0) is 51.3 Å². The Morgan fingerprint density at radius 3 is 2.54 bits per heavy atom. The highest BCUT2D eigenvalue weighted by Gasteiger charge is 2.38. The normalized spacial score (nSPS) is 17.9. The van der Waals surface area contributed by atoms with E-state index in [1.165, 1.54) is 4.90 Å². The largest absolute Gasteiger partial charge is 0.480 e. The molecular formula is C19H24Cl2N2O5.